The molecule has 7 heteroatoms. The third-order valence-electron chi connectivity index (χ3n) is 5.94. The average molecular weight is 438 g/mol. The summed E-state index contributed by atoms with van der Waals surface area (Å²) in [6.07, 6.45) is 1.73. The summed E-state index contributed by atoms with van der Waals surface area (Å²) in [6, 6.07) is 12.9. The second-order valence-corrected chi connectivity index (χ2v) is 8.14. The summed E-state index contributed by atoms with van der Waals surface area (Å²) < 4.78 is 18.8. The molecule has 2 aromatic carbocycles. The molecule has 1 atom stereocenters. The van der Waals surface area contributed by atoms with E-state index < -0.39 is 0 Å². The molecule has 2 aliphatic heterocycles. The van der Waals surface area contributed by atoms with Crippen LogP contribution in [0.25, 0.3) is 5.57 Å². The molecule has 2 heterocycles. The highest BCUT2D eigenvalue weighted by Crippen LogP contribution is 2.35. The minimum Gasteiger partial charge on any atom is -0.494 e. The number of imide groups is 1. The zero-order valence-electron chi connectivity index (χ0n) is 18.1. The minimum absolute atomic E-state index is 0.0452. The van der Waals surface area contributed by atoms with Crippen molar-refractivity contribution in [2.75, 3.05) is 26.3 Å². The molecule has 1 N–H and O–H groups in total. The number of piperidine rings is 1. The summed E-state index contributed by atoms with van der Waals surface area (Å²) in [5.74, 6) is -0.347. The molecule has 2 aromatic rings. The lowest BCUT2D eigenvalue weighted by Crippen LogP contribution is -2.40. The number of hydrogen-bond donors (Lipinski definition) is 1. The van der Waals surface area contributed by atoms with Crippen molar-refractivity contribution in [3.05, 3.63) is 71.2 Å². The number of carbonyl (C=O) groups excluding carboxylic acids is 2. The van der Waals surface area contributed by atoms with Gasteiger partial charge in [-0.25, -0.2) is 4.39 Å². The largest absolute Gasteiger partial charge is 0.494 e. The van der Waals surface area contributed by atoms with Gasteiger partial charge in [-0.05, 0) is 61.1 Å². The molecule has 6 nitrogen and oxygen atoms in total. The first kappa shape index (κ1) is 22.0. The van der Waals surface area contributed by atoms with Crippen LogP contribution in [0.1, 0.15) is 30.9 Å². The van der Waals surface area contributed by atoms with Crippen molar-refractivity contribution in [2.45, 2.75) is 26.3 Å². The smallest absolute Gasteiger partial charge is 0.278 e. The fraction of sp³-hybridized carbons (Fsp3) is 0.360. The quantitative estimate of drug-likeness (QED) is 0.673. The van der Waals surface area contributed by atoms with Crippen LogP contribution in [0.15, 0.2) is 54.2 Å². The van der Waals surface area contributed by atoms with Gasteiger partial charge in [0.2, 0.25) is 0 Å². The number of aliphatic hydroxyl groups is 1. The Morgan fingerprint density at radius 1 is 1.06 bits per heavy atom. The summed E-state index contributed by atoms with van der Waals surface area (Å²) in [4.78, 5) is 30.1. The zero-order chi connectivity index (χ0) is 22.7. The Hall–Kier alpha value is -3.19. The van der Waals surface area contributed by atoms with Crippen molar-refractivity contribution in [3.63, 3.8) is 0 Å². The van der Waals surface area contributed by atoms with Gasteiger partial charge < -0.3 is 14.7 Å². The Bertz CT molecular complexity index is 1020. The van der Waals surface area contributed by atoms with Crippen LogP contribution in [0.5, 0.6) is 5.75 Å². The van der Waals surface area contributed by atoms with Crippen LogP contribution in [0.4, 0.5) is 4.39 Å². The van der Waals surface area contributed by atoms with Gasteiger partial charge in [-0.3, -0.25) is 14.5 Å². The Kier molecular flexibility index (Phi) is 6.55. The van der Waals surface area contributed by atoms with Gasteiger partial charge in [-0.15, -0.1) is 0 Å². The Balaban J connectivity index is 1.70. The highest BCUT2D eigenvalue weighted by atomic mass is 19.1. The highest BCUT2D eigenvalue weighted by molar-refractivity contribution is 6.35. The number of carbonyl (C=O) groups is 2. The number of aliphatic hydroxyl groups excluding tert-OH is 1. The molecular weight excluding hydrogens is 411 g/mol. The van der Waals surface area contributed by atoms with Gasteiger partial charge in [0.1, 0.15) is 17.3 Å². The van der Waals surface area contributed by atoms with Crippen LogP contribution >= 0.6 is 0 Å². The molecule has 1 fully saturated rings. The molecule has 1 unspecified atom stereocenters. The maximum atomic E-state index is 13.5. The molecule has 2 amide bonds. The van der Waals surface area contributed by atoms with Crippen LogP contribution in [0.2, 0.25) is 0 Å². The fourth-order valence-electron chi connectivity index (χ4n) is 4.33. The first-order chi connectivity index (χ1) is 15.5. The van der Waals surface area contributed by atoms with Gasteiger partial charge in [0.15, 0.2) is 0 Å². The van der Waals surface area contributed by atoms with E-state index in [1.165, 1.54) is 17.0 Å². The van der Waals surface area contributed by atoms with E-state index in [9.17, 15) is 19.1 Å². The molecule has 0 aliphatic carbocycles. The molecule has 0 saturated carbocycles. The van der Waals surface area contributed by atoms with Crippen LogP contribution < -0.4 is 4.74 Å². The summed E-state index contributed by atoms with van der Waals surface area (Å²) >= 11 is 0. The molecule has 2 aliphatic rings. The van der Waals surface area contributed by atoms with Crippen LogP contribution in [-0.2, 0) is 16.1 Å². The topological polar surface area (TPSA) is 70.1 Å². The summed E-state index contributed by atoms with van der Waals surface area (Å²) in [5, 5.41) is 9.65. The molecule has 0 bridgehead atoms. The number of hydrogen-bond acceptors (Lipinski definition) is 5. The van der Waals surface area contributed by atoms with Gasteiger partial charge in [-0.1, -0.05) is 24.3 Å². The lowest BCUT2D eigenvalue weighted by atomic mass is 9.97. The monoisotopic (exact) mass is 438 g/mol. The first-order valence-corrected chi connectivity index (χ1v) is 11.0. The summed E-state index contributed by atoms with van der Waals surface area (Å²) in [5.41, 5.74) is 2.06. The van der Waals surface area contributed by atoms with Gasteiger partial charge in [0.25, 0.3) is 11.8 Å². The van der Waals surface area contributed by atoms with E-state index in [-0.39, 0.29) is 36.7 Å². The third-order valence-corrected chi connectivity index (χ3v) is 5.94. The average Bonchev–Trinajstić information content (AvgIpc) is 3.06. The van der Waals surface area contributed by atoms with E-state index in [4.69, 9.17) is 4.74 Å². The molecular formula is C25H27FN2O4. The van der Waals surface area contributed by atoms with Crippen LogP contribution in [0.3, 0.4) is 0 Å². The molecule has 32 heavy (non-hydrogen) atoms. The van der Waals surface area contributed by atoms with Crippen molar-refractivity contribution in [1.82, 2.24) is 9.80 Å². The van der Waals surface area contributed by atoms with E-state index in [1.807, 2.05) is 11.8 Å². The van der Waals surface area contributed by atoms with E-state index in [2.05, 4.69) is 0 Å². The van der Waals surface area contributed by atoms with Gasteiger partial charge in [0.05, 0.1) is 18.7 Å². The number of ether oxygens (including phenoxy) is 1. The highest BCUT2D eigenvalue weighted by Gasteiger charge is 2.42. The normalized spacial score (nSPS) is 19.2. The lowest BCUT2D eigenvalue weighted by Gasteiger charge is -2.34. The van der Waals surface area contributed by atoms with Gasteiger partial charge in [-0.2, -0.15) is 0 Å². The summed E-state index contributed by atoms with van der Waals surface area (Å²) in [7, 11) is 0. The van der Waals surface area contributed by atoms with Crippen molar-refractivity contribution in [3.8, 4) is 5.75 Å². The van der Waals surface area contributed by atoms with E-state index in [1.54, 1.807) is 36.4 Å². The van der Waals surface area contributed by atoms with Crippen molar-refractivity contribution < 1.29 is 23.8 Å². The molecule has 168 valence electrons. The van der Waals surface area contributed by atoms with Crippen LogP contribution in [0, 0.1) is 11.7 Å². The molecule has 0 radical (unpaired) electrons. The zero-order valence-corrected chi connectivity index (χ0v) is 18.1. The third kappa shape index (κ3) is 4.39. The predicted molar refractivity (Wildman–Crippen MR) is 118 cm³/mol. The number of amides is 2. The number of nitrogens with zero attached hydrogens (tertiary/aromatic N) is 2. The van der Waals surface area contributed by atoms with E-state index in [0.717, 1.165) is 12.8 Å². The van der Waals surface area contributed by atoms with Crippen molar-refractivity contribution >= 4 is 17.4 Å². The maximum Gasteiger partial charge on any atom is 0.278 e. The number of likely N-dealkylation sites (tertiary alicyclic amines) is 1. The molecule has 4 rings (SSSR count). The SMILES string of the molecule is CCOc1ccc(C2=C(N3CCCC(CO)C3)C(=O)N(Cc3ccc(F)cc3)C2=O)cc1. The number of benzene rings is 2. The fourth-order valence-corrected chi connectivity index (χ4v) is 4.33. The Labute approximate surface area is 186 Å². The number of halogens is 1. The predicted octanol–water partition coefficient (Wildman–Crippen LogP) is 3.21. The lowest BCUT2D eigenvalue weighted by molar-refractivity contribution is -0.138. The molecule has 0 aromatic heterocycles. The second-order valence-electron chi connectivity index (χ2n) is 8.14. The van der Waals surface area contributed by atoms with Crippen molar-refractivity contribution in [2.24, 2.45) is 5.92 Å². The van der Waals surface area contributed by atoms with E-state index >= 15 is 0 Å². The van der Waals surface area contributed by atoms with Gasteiger partial charge in [0, 0.05) is 19.7 Å². The Morgan fingerprint density at radius 3 is 2.44 bits per heavy atom. The van der Waals surface area contributed by atoms with Gasteiger partial charge >= 0.3 is 0 Å². The number of rotatable bonds is 7. The standard InChI is InChI=1S/C25H27FN2O4/c1-2-32-21-11-7-19(8-12-21)22-23(27-13-3-4-18(14-27)16-29)25(31)28(24(22)30)15-17-5-9-20(26)10-6-17/h5-12,18,29H,2-4,13-16H2,1H3. The Morgan fingerprint density at radius 2 is 1.78 bits per heavy atom. The summed E-state index contributed by atoms with van der Waals surface area (Å²) in [6.45, 7) is 3.72. The minimum atomic E-state index is -0.371. The van der Waals surface area contributed by atoms with Crippen LogP contribution in [-0.4, -0.2) is 53.0 Å². The molecule has 1 saturated heterocycles. The second kappa shape index (κ2) is 9.53. The first-order valence-electron chi connectivity index (χ1n) is 11.0. The molecule has 0 spiro atoms. The van der Waals surface area contributed by atoms with E-state index in [0.29, 0.717) is 47.8 Å². The maximum absolute atomic E-state index is 13.5. The van der Waals surface area contributed by atoms with Crippen molar-refractivity contribution in [1.29, 1.82) is 0 Å².